The van der Waals surface area contributed by atoms with Crippen LogP contribution in [0.4, 0.5) is 0 Å². The zero-order valence-electron chi connectivity index (χ0n) is 13.6. The van der Waals surface area contributed by atoms with Crippen LogP contribution in [-0.4, -0.2) is 35.5 Å². The van der Waals surface area contributed by atoms with Gasteiger partial charge in [-0.1, -0.05) is 28.9 Å². The van der Waals surface area contributed by atoms with Gasteiger partial charge in [0.25, 0.3) is 0 Å². The lowest BCUT2D eigenvalue weighted by atomic mass is 9.92. The Balaban J connectivity index is 1.65. The lowest BCUT2D eigenvalue weighted by molar-refractivity contribution is -0.157. The number of oxime groups is 1. The molecule has 0 aliphatic carbocycles. The fourth-order valence-corrected chi connectivity index (χ4v) is 3.10. The van der Waals surface area contributed by atoms with Gasteiger partial charge in [0.15, 0.2) is 5.60 Å². The minimum absolute atomic E-state index is 0.241. The maximum atomic E-state index is 12.2. The van der Waals surface area contributed by atoms with E-state index in [4.69, 9.17) is 21.2 Å². The molecule has 2 aliphatic heterocycles. The lowest BCUT2D eigenvalue weighted by Gasteiger charge is -2.23. The van der Waals surface area contributed by atoms with Gasteiger partial charge in [-0.25, -0.2) is 0 Å². The first-order valence-electron chi connectivity index (χ1n) is 7.74. The second-order valence-corrected chi connectivity index (χ2v) is 7.61. The van der Waals surface area contributed by atoms with Crippen molar-refractivity contribution in [2.45, 2.75) is 50.9 Å². The number of benzene rings is 1. The van der Waals surface area contributed by atoms with Gasteiger partial charge in [-0.2, -0.15) is 0 Å². The van der Waals surface area contributed by atoms with E-state index in [9.17, 15) is 4.79 Å². The maximum absolute atomic E-state index is 12.2. The smallest absolute Gasteiger partial charge is 0.323 e. The van der Waals surface area contributed by atoms with E-state index < -0.39 is 11.2 Å². The van der Waals surface area contributed by atoms with Crippen LogP contribution in [-0.2, 0) is 14.4 Å². The average Bonchev–Trinajstić information content (AvgIpc) is 3.05. The number of halogens is 1. The predicted molar refractivity (Wildman–Crippen MR) is 88.7 cm³/mol. The SMILES string of the molecule is CC(C)(C)OC(=O)[C@@H]1C[C@@]2(CN1)CC(c1cccc(Cl)c1)=NO2. The standard InChI is InChI=1S/C17H21ClN2O3/c1-16(2,3)22-15(21)14-9-17(10-19-14)8-13(20-23-17)11-5-4-6-12(18)7-11/h4-7,14,19H,8-10H2,1-3H3/t14-,17+/m0/s1. The molecule has 6 heteroatoms. The van der Waals surface area contributed by atoms with Gasteiger partial charge in [0, 0.05) is 30.0 Å². The Morgan fingerprint density at radius 3 is 2.96 bits per heavy atom. The van der Waals surface area contributed by atoms with Crippen molar-refractivity contribution in [3.8, 4) is 0 Å². The molecule has 1 aromatic carbocycles. The Bertz CT molecular complexity index is 653. The van der Waals surface area contributed by atoms with E-state index >= 15 is 0 Å². The number of nitrogens with one attached hydrogen (secondary N) is 1. The third-order valence-corrected chi connectivity index (χ3v) is 4.17. The van der Waals surface area contributed by atoms with E-state index in [2.05, 4.69) is 10.5 Å². The molecule has 2 aliphatic rings. The van der Waals surface area contributed by atoms with Crippen molar-refractivity contribution < 1.29 is 14.4 Å². The fourth-order valence-electron chi connectivity index (χ4n) is 2.91. The van der Waals surface area contributed by atoms with E-state index in [1.54, 1.807) is 0 Å². The highest BCUT2D eigenvalue weighted by molar-refractivity contribution is 6.31. The van der Waals surface area contributed by atoms with Crippen LogP contribution in [0.1, 0.15) is 39.2 Å². The van der Waals surface area contributed by atoms with Gasteiger partial charge in [0.2, 0.25) is 0 Å². The highest BCUT2D eigenvalue weighted by atomic mass is 35.5. The molecule has 1 saturated heterocycles. The molecule has 2 heterocycles. The first-order valence-corrected chi connectivity index (χ1v) is 8.11. The lowest BCUT2D eigenvalue weighted by Crippen LogP contribution is -2.37. The molecule has 1 fully saturated rings. The number of esters is 1. The molecule has 1 N–H and O–H groups in total. The molecule has 0 amide bonds. The summed E-state index contributed by atoms with van der Waals surface area (Å²) in [6.45, 7) is 6.16. The van der Waals surface area contributed by atoms with Crippen LogP contribution in [0.25, 0.3) is 0 Å². The molecule has 0 radical (unpaired) electrons. The van der Waals surface area contributed by atoms with Crippen molar-refractivity contribution in [1.29, 1.82) is 0 Å². The Morgan fingerprint density at radius 1 is 1.48 bits per heavy atom. The van der Waals surface area contributed by atoms with E-state index in [0.717, 1.165) is 11.3 Å². The van der Waals surface area contributed by atoms with Gasteiger partial charge in [0.05, 0.1) is 5.71 Å². The van der Waals surface area contributed by atoms with Crippen LogP contribution in [0.5, 0.6) is 0 Å². The summed E-state index contributed by atoms with van der Waals surface area (Å²) in [5, 5.41) is 8.08. The second kappa shape index (κ2) is 5.80. The van der Waals surface area contributed by atoms with Gasteiger partial charge < -0.3 is 14.9 Å². The van der Waals surface area contributed by atoms with Crippen molar-refractivity contribution in [2.75, 3.05) is 6.54 Å². The van der Waals surface area contributed by atoms with E-state index in [1.807, 2.05) is 45.0 Å². The number of hydrogen-bond acceptors (Lipinski definition) is 5. The zero-order valence-corrected chi connectivity index (χ0v) is 14.3. The van der Waals surface area contributed by atoms with Gasteiger partial charge >= 0.3 is 5.97 Å². The summed E-state index contributed by atoms with van der Waals surface area (Å²) < 4.78 is 5.44. The van der Waals surface area contributed by atoms with Crippen molar-refractivity contribution in [3.63, 3.8) is 0 Å². The second-order valence-electron chi connectivity index (χ2n) is 7.17. The normalized spacial score (nSPS) is 27.0. The minimum Gasteiger partial charge on any atom is -0.459 e. The number of rotatable bonds is 2. The van der Waals surface area contributed by atoms with Crippen LogP contribution < -0.4 is 5.32 Å². The summed E-state index contributed by atoms with van der Waals surface area (Å²) >= 11 is 6.03. The predicted octanol–water partition coefficient (Wildman–Crippen LogP) is 2.91. The Morgan fingerprint density at radius 2 is 2.26 bits per heavy atom. The first kappa shape index (κ1) is 16.3. The Hall–Kier alpha value is -1.59. The molecular formula is C17H21ClN2O3. The molecule has 0 saturated carbocycles. The number of carbonyl (C=O) groups excluding carboxylic acids is 1. The third-order valence-electron chi connectivity index (χ3n) is 3.94. The summed E-state index contributed by atoms with van der Waals surface area (Å²) in [6, 6.07) is 7.19. The number of carbonyl (C=O) groups is 1. The topological polar surface area (TPSA) is 59.9 Å². The fraction of sp³-hybridized carbons (Fsp3) is 0.529. The molecule has 1 aromatic rings. The molecule has 2 atom stereocenters. The highest BCUT2D eigenvalue weighted by Crippen LogP contribution is 2.35. The van der Waals surface area contributed by atoms with Crippen molar-refractivity contribution in [1.82, 2.24) is 5.32 Å². The quantitative estimate of drug-likeness (QED) is 0.844. The largest absolute Gasteiger partial charge is 0.459 e. The minimum atomic E-state index is -0.493. The molecule has 5 nitrogen and oxygen atoms in total. The summed E-state index contributed by atoms with van der Waals surface area (Å²) in [5.74, 6) is -0.241. The molecule has 0 bridgehead atoms. The average molecular weight is 337 g/mol. The van der Waals surface area contributed by atoms with Crippen molar-refractivity contribution >= 4 is 23.3 Å². The molecular weight excluding hydrogens is 316 g/mol. The number of nitrogens with zero attached hydrogens (tertiary/aromatic N) is 1. The zero-order chi connectivity index (χ0) is 16.7. The van der Waals surface area contributed by atoms with E-state index in [-0.39, 0.29) is 12.0 Å². The summed E-state index contributed by atoms with van der Waals surface area (Å²) in [4.78, 5) is 17.9. The summed E-state index contributed by atoms with van der Waals surface area (Å²) in [6.07, 6.45) is 1.20. The van der Waals surface area contributed by atoms with Gasteiger partial charge in [-0.15, -0.1) is 0 Å². The first-order chi connectivity index (χ1) is 10.8. The van der Waals surface area contributed by atoms with Crippen molar-refractivity contribution in [2.24, 2.45) is 5.16 Å². The highest BCUT2D eigenvalue weighted by Gasteiger charge is 2.49. The molecule has 23 heavy (non-hydrogen) atoms. The van der Waals surface area contributed by atoms with Crippen LogP contribution >= 0.6 is 11.6 Å². The van der Waals surface area contributed by atoms with Gasteiger partial charge in [0.1, 0.15) is 11.6 Å². The molecule has 3 rings (SSSR count). The summed E-state index contributed by atoms with van der Waals surface area (Å²) in [7, 11) is 0. The summed E-state index contributed by atoms with van der Waals surface area (Å²) in [5.41, 5.74) is 0.849. The van der Waals surface area contributed by atoms with Crippen LogP contribution in [0, 0.1) is 0 Å². The van der Waals surface area contributed by atoms with Crippen LogP contribution in [0.2, 0.25) is 5.02 Å². The van der Waals surface area contributed by atoms with Crippen molar-refractivity contribution in [3.05, 3.63) is 34.9 Å². The molecule has 0 unspecified atom stereocenters. The Labute approximate surface area is 141 Å². The molecule has 1 spiro atoms. The Kier molecular flexibility index (Phi) is 4.10. The van der Waals surface area contributed by atoms with Gasteiger partial charge in [-0.3, -0.25) is 4.79 Å². The maximum Gasteiger partial charge on any atom is 0.323 e. The van der Waals surface area contributed by atoms with Gasteiger partial charge in [-0.05, 0) is 32.9 Å². The van der Waals surface area contributed by atoms with E-state index in [0.29, 0.717) is 24.4 Å². The van der Waals surface area contributed by atoms with Crippen LogP contribution in [0.15, 0.2) is 29.4 Å². The number of ether oxygens (including phenoxy) is 1. The van der Waals surface area contributed by atoms with E-state index in [1.165, 1.54) is 0 Å². The molecule has 124 valence electrons. The number of hydrogen-bond donors (Lipinski definition) is 1. The third kappa shape index (κ3) is 3.67. The monoisotopic (exact) mass is 336 g/mol. The molecule has 0 aromatic heterocycles. The van der Waals surface area contributed by atoms with Crippen LogP contribution in [0.3, 0.4) is 0 Å².